The van der Waals surface area contributed by atoms with Crippen LogP contribution in [0.25, 0.3) is 0 Å². The number of hydrogen-bond donors (Lipinski definition) is 2. The van der Waals surface area contributed by atoms with Crippen LogP contribution >= 0.6 is 0 Å². The quantitative estimate of drug-likeness (QED) is 0.753. The Balaban J connectivity index is 2.56. The third-order valence-corrected chi connectivity index (χ3v) is 5.25. The number of nitrogens with one attached hydrogen (secondary N) is 1. The number of aliphatic hydroxyl groups is 1. The molecular formula is C17H31NO3S. The Bertz CT molecular complexity index is 532. The van der Waals surface area contributed by atoms with E-state index in [2.05, 4.69) is 38.2 Å². The molecule has 0 radical (unpaired) electrons. The number of sulfone groups is 1. The highest BCUT2D eigenvalue weighted by molar-refractivity contribution is 7.90. The fourth-order valence-electron chi connectivity index (χ4n) is 3.05. The summed E-state index contributed by atoms with van der Waals surface area (Å²) >= 11 is 0. The standard InChI is InChI=1S/C17H31NO3S/c1-13-7-6-10-17(3,4)16(13)9-8-14(2)18-11-15(19)12-22(5,20)21/h8-9,14-15,18-19H,6-7,10-12H2,1-5H3. The van der Waals surface area contributed by atoms with E-state index >= 15 is 0 Å². The van der Waals surface area contributed by atoms with Crippen molar-refractivity contribution in [1.82, 2.24) is 5.32 Å². The minimum absolute atomic E-state index is 0.0900. The monoisotopic (exact) mass is 329 g/mol. The highest BCUT2D eigenvalue weighted by Crippen LogP contribution is 2.40. The van der Waals surface area contributed by atoms with Crippen molar-refractivity contribution in [3.05, 3.63) is 23.3 Å². The zero-order valence-electron chi connectivity index (χ0n) is 14.5. The van der Waals surface area contributed by atoms with Gasteiger partial charge < -0.3 is 10.4 Å². The summed E-state index contributed by atoms with van der Waals surface area (Å²) in [5, 5.41) is 12.9. The molecule has 0 aliphatic heterocycles. The lowest BCUT2D eigenvalue weighted by Gasteiger charge is -2.33. The lowest BCUT2D eigenvalue weighted by atomic mass is 9.72. The molecule has 1 aliphatic rings. The van der Waals surface area contributed by atoms with Crippen LogP contribution in [0.1, 0.15) is 47.0 Å². The van der Waals surface area contributed by atoms with Gasteiger partial charge in [0, 0.05) is 18.8 Å². The predicted octanol–water partition coefficient (Wildman–Crippen LogP) is 2.45. The summed E-state index contributed by atoms with van der Waals surface area (Å²) in [5.41, 5.74) is 3.08. The predicted molar refractivity (Wildman–Crippen MR) is 92.7 cm³/mol. The Morgan fingerprint density at radius 2 is 2.05 bits per heavy atom. The van der Waals surface area contributed by atoms with E-state index in [1.54, 1.807) is 0 Å². The molecule has 2 unspecified atom stereocenters. The zero-order valence-corrected chi connectivity index (χ0v) is 15.3. The van der Waals surface area contributed by atoms with Crippen LogP contribution in [0.2, 0.25) is 0 Å². The van der Waals surface area contributed by atoms with E-state index < -0.39 is 15.9 Å². The molecular weight excluding hydrogens is 298 g/mol. The molecule has 5 heteroatoms. The van der Waals surface area contributed by atoms with Crippen LogP contribution in [0.5, 0.6) is 0 Å². The molecule has 0 aromatic rings. The van der Waals surface area contributed by atoms with Crippen LogP contribution in [0.15, 0.2) is 23.3 Å². The van der Waals surface area contributed by atoms with Crippen LogP contribution in [-0.4, -0.2) is 44.2 Å². The van der Waals surface area contributed by atoms with Gasteiger partial charge in [-0.05, 0) is 44.1 Å². The third-order valence-electron chi connectivity index (χ3n) is 4.26. The summed E-state index contributed by atoms with van der Waals surface area (Å²) in [5.74, 6) is -0.201. The van der Waals surface area contributed by atoms with E-state index in [1.165, 1.54) is 24.0 Å². The lowest BCUT2D eigenvalue weighted by Crippen LogP contribution is -2.36. The summed E-state index contributed by atoms with van der Waals surface area (Å²) < 4.78 is 22.2. The third kappa shape index (κ3) is 6.63. The second-order valence-corrected chi connectivity index (χ2v) is 9.42. The fraction of sp³-hybridized carbons (Fsp3) is 0.765. The maximum atomic E-state index is 11.1. The Labute approximate surface area is 135 Å². The van der Waals surface area contributed by atoms with Gasteiger partial charge >= 0.3 is 0 Å². The van der Waals surface area contributed by atoms with Gasteiger partial charge in [0.2, 0.25) is 0 Å². The molecule has 0 aromatic carbocycles. The molecule has 0 saturated carbocycles. The first kappa shape index (κ1) is 19.4. The first-order valence-corrected chi connectivity index (χ1v) is 10.0. The Hall–Kier alpha value is -0.650. The molecule has 0 spiro atoms. The molecule has 0 bridgehead atoms. The van der Waals surface area contributed by atoms with Gasteiger partial charge in [0.15, 0.2) is 0 Å². The zero-order chi connectivity index (χ0) is 17.0. The SMILES string of the molecule is CC1=C(C=CC(C)NCC(O)CS(C)(=O)=O)C(C)(C)CCC1. The van der Waals surface area contributed by atoms with Gasteiger partial charge in [0.1, 0.15) is 9.84 Å². The smallest absolute Gasteiger partial charge is 0.150 e. The van der Waals surface area contributed by atoms with Crippen molar-refractivity contribution in [2.75, 3.05) is 18.6 Å². The van der Waals surface area contributed by atoms with Gasteiger partial charge in [-0.2, -0.15) is 0 Å². The minimum atomic E-state index is -3.14. The van der Waals surface area contributed by atoms with Crippen LogP contribution < -0.4 is 5.32 Å². The highest BCUT2D eigenvalue weighted by atomic mass is 32.2. The van der Waals surface area contributed by atoms with Gasteiger partial charge in [0.25, 0.3) is 0 Å². The van der Waals surface area contributed by atoms with Crippen LogP contribution in [0.3, 0.4) is 0 Å². The van der Waals surface area contributed by atoms with Crippen molar-refractivity contribution >= 4 is 9.84 Å². The molecule has 0 heterocycles. The van der Waals surface area contributed by atoms with Crippen LogP contribution in [0.4, 0.5) is 0 Å². The summed E-state index contributed by atoms with van der Waals surface area (Å²) in [6.07, 6.45) is 8.19. The number of hydrogen-bond acceptors (Lipinski definition) is 4. The van der Waals surface area contributed by atoms with E-state index in [4.69, 9.17) is 0 Å². The molecule has 0 saturated heterocycles. The van der Waals surface area contributed by atoms with Crippen molar-refractivity contribution in [3.8, 4) is 0 Å². The van der Waals surface area contributed by atoms with E-state index in [-0.39, 0.29) is 23.8 Å². The van der Waals surface area contributed by atoms with Crippen LogP contribution in [-0.2, 0) is 9.84 Å². The topological polar surface area (TPSA) is 66.4 Å². The highest BCUT2D eigenvalue weighted by Gasteiger charge is 2.26. The maximum Gasteiger partial charge on any atom is 0.150 e. The second-order valence-electron chi connectivity index (χ2n) is 7.23. The van der Waals surface area contributed by atoms with E-state index in [1.807, 2.05) is 6.92 Å². The maximum absolute atomic E-state index is 11.1. The summed E-state index contributed by atoms with van der Waals surface area (Å²) in [6, 6.07) is 0.0900. The van der Waals surface area contributed by atoms with E-state index in [0.29, 0.717) is 0 Å². The fourth-order valence-corrected chi connectivity index (χ4v) is 3.87. The van der Waals surface area contributed by atoms with Gasteiger partial charge in [0.05, 0.1) is 11.9 Å². The van der Waals surface area contributed by atoms with Gasteiger partial charge in [-0.25, -0.2) is 8.42 Å². The lowest BCUT2D eigenvalue weighted by molar-refractivity contribution is 0.192. The van der Waals surface area contributed by atoms with Gasteiger partial charge in [-0.15, -0.1) is 0 Å². The molecule has 0 fully saturated rings. The van der Waals surface area contributed by atoms with Crippen molar-refractivity contribution < 1.29 is 13.5 Å². The van der Waals surface area contributed by atoms with Crippen molar-refractivity contribution in [3.63, 3.8) is 0 Å². The Kier molecular flexibility index (Phi) is 6.84. The molecule has 0 amide bonds. The average molecular weight is 330 g/mol. The van der Waals surface area contributed by atoms with Crippen LogP contribution in [0, 0.1) is 5.41 Å². The number of aliphatic hydroxyl groups excluding tert-OH is 1. The molecule has 128 valence electrons. The van der Waals surface area contributed by atoms with E-state index in [9.17, 15) is 13.5 Å². The minimum Gasteiger partial charge on any atom is -0.391 e. The first-order valence-electron chi connectivity index (χ1n) is 7.99. The number of rotatable bonds is 7. The molecule has 0 aromatic heterocycles. The average Bonchev–Trinajstić information content (AvgIpc) is 2.33. The summed E-state index contributed by atoms with van der Waals surface area (Å²) in [4.78, 5) is 0. The Morgan fingerprint density at radius 1 is 1.41 bits per heavy atom. The molecule has 1 rings (SSSR count). The van der Waals surface area contributed by atoms with Crippen molar-refractivity contribution in [1.29, 1.82) is 0 Å². The largest absolute Gasteiger partial charge is 0.391 e. The van der Waals surface area contributed by atoms with E-state index in [0.717, 1.165) is 12.7 Å². The van der Waals surface area contributed by atoms with Gasteiger partial charge in [-0.1, -0.05) is 31.6 Å². The summed E-state index contributed by atoms with van der Waals surface area (Å²) in [7, 11) is -3.14. The molecule has 1 aliphatic carbocycles. The molecule has 22 heavy (non-hydrogen) atoms. The van der Waals surface area contributed by atoms with Crippen molar-refractivity contribution in [2.45, 2.75) is 59.1 Å². The normalized spacial score (nSPS) is 22.1. The molecule has 4 nitrogen and oxygen atoms in total. The molecule has 2 N–H and O–H groups in total. The van der Waals surface area contributed by atoms with Gasteiger partial charge in [-0.3, -0.25) is 0 Å². The van der Waals surface area contributed by atoms with Crippen molar-refractivity contribution in [2.24, 2.45) is 5.41 Å². The Morgan fingerprint density at radius 3 is 2.59 bits per heavy atom. The first-order chi connectivity index (χ1) is 10.0. The molecule has 2 atom stereocenters. The second kappa shape index (κ2) is 7.75. The summed E-state index contributed by atoms with van der Waals surface area (Å²) in [6.45, 7) is 9.05. The number of allylic oxidation sites excluding steroid dienone is 3.